The summed E-state index contributed by atoms with van der Waals surface area (Å²) in [6.07, 6.45) is 9.49. The highest BCUT2D eigenvalue weighted by Crippen LogP contribution is 2.47. The molecule has 32 heavy (non-hydrogen) atoms. The van der Waals surface area contributed by atoms with Crippen molar-refractivity contribution < 1.29 is 18.7 Å². The average Bonchev–Trinajstić information content (AvgIpc) is 3.44. The van der Waals surface area contributed by atoms with Crippen LogP contribution in [0.3, 0.4) is 0 Å². The van der Waals surface area contributed by atoms with E-state index in [0.717, 1.165) is 31.9 Å². The first-order chi connectivity index (χ1) is 15.5. The second-order valence-corrected chi connectivity index (χ2v) is 8.87. The zero-order valence-electron chi connectivity index (χ0n) is 17.1. The quantitative estimate of drug-likeness (QED) is 0.410. The van der Waals surface area contributed by atoms with E-state index >= 15 is 4.39 Å². The number of rotatable bonds is 4. The smallest absolute Gasteiger partial charge is 0.308 e. The number of aliphatic carboxylic acids is 1. The molecule has 0 amide bonds. The lowest BCUT2D eigenvalue weighted by Gasteiger charge is -2.47. The summed E-state index contributed by atoms with van der Waals surface area (Å²) in [5.74, 6) is -2.08. The molecule has 3 N–H and O–H groups in total. The van der Waals surface area contributed by atoms with E-state index in [-0.39, 0.29) is 23.6 Å². The number of carboxylic acid groups (broad SMARTS) is 1. The first kappa shape index (κ1) is 19.2. The minimum absolute atomic E-state index is 0.108. The minimum Gasteiger partial charge on any atom is -0.481 e. The lowest BCUT2D eigenvalue weighted by atomic mass is 9.61. The molecule has 9 heteroatoms. The van der Waals surface area contributed by atoms with Crippen molar-refractivity contribution >= 4 is 28.2 Å². The molecule has 0 radical (unpaired) electrons. The normalized spacial score (nSPS) is 24.9. The van der Waals surface area contributed by atoms with E-state index in [1.807, 2.05) is 0 Å². The second-order valence-electron chi connectivity index (χ2n) is 8.87. The number of nitrogens with one attached hydrogen (secondary N) is 2. The Hall–Kier alpha value is -3.49. The largest absolute Gasteiger partial charge is 0.481 e. The molecule has 2 atom stereocenters. The van der Waals surface area contributed by atoms with Crippen LogP contribution in [0.5, 0.6) is 0 Å². The van der Waals surface area contributed by atoms with Gasteiger partial charge < -0.3 is 15.4 Å². The van der Waals surface area contributed by atoms with Gasteiger partial charge in [-0.15, -0.1) is 0 Å². The van der Waals surface area contributed by atoms with Crippen LogP contribution in [0, 0.1) is 29.5 Å². The highest BCUT2D eigenvalue weighted by Gasteiger charge is 2.47. The number of carbonyl (C=O) groups is 1. The molecule has 3 saturated carbocycles. The average molecular weight is 437 g/mol. The first-order valence-electron chi connectivity index (χ1n) is 10.8. The third-order valence-electron chi connectivity index (χ3n) is 7.25. The van der Waals surface area contributed by atoms with Crippen molar-refractivity contribution in [3.05, 3.63) is 48.8 Å². The molecule has 4 aromatic rings. The Morgan fingerprint density at radius 3 is 2.69 bits per heavy atom. The molecule has 0 spiro atoms. The Morgan fingerprint density at radius 2 is 1.91 bits per heavy atom. The number of fused-ring (bicyclic) bond motifs is 5. The third-order valence-corrected chi connectivity index (χ3v) is 7.25. The predicted octanol–water partition coefficient (Wildman–Crippen LogP) is 4.46. The SMILES string of the molecule is O=C(O)[C@@H]1C(Nc2cc(-c3c[nH]c4ncc(F)cc34)c3cncn3c2F)[C@H]2CC[C@@H]1CC2. The lowest BCUT2D eigenvalue weighted by molar-refractivity contribution is -0.148. The fourth-order valence-corrected chi connectivity index (χ4v) is 5.77. The summed E-state index contributed by atoms with van der Waals surface area (Å²) in [5.41, 5.74) is 2.58. The van der Waals surface area contributed by atoms with Crippen molar-refractivity contribution in [3.8, 4) is 11.1 Å². The number of carboxylic acids is 1. The summed E-state index contributed by atoms with van der Waals surface area (Å²) in [7, 11) is 0. The summed E-state index contributed by atoms with van der Waals surface area (Å²) in [6, 6.07) is 2.71. The number of nitrogens with zero attached hydrogens (tertiary/aromatic N) is 3. The van der Waals surface area contributed by atoms with Crippen molar-refractivity contribution in [1.29, 1.82) is 0 Å². The maximum Gasteiger partial charge on any atom is 0.308 e. The van der Waals surface area contributed by atoms with Gasteiger partial charge >= 0.3 is 5.97 Å². The molecule has 2 bridgehead atoms. The Balaban J connectivity index is 1.49. The van der Waals surface area contributed by atoms with Crippen LogP contribution in [0.15, 0.2) is 37.1 Å². The molecule has 3 aliphatic carbocycles. The third kappa shape index (κ3) is 2.80. The van der Waals surface area contributed by atoms with E-state index in [9.17, 15) is 14.3 Å². The van der Waals surface area contributed by atoms with Crippen molar-refractivity contribution in [2.75, 3.05) is 5.32 Å². The molecular formula is C23H21F2N5O2. The fourth-order valence-electron chi connectivity index (χ4n) is 5.77. The van der Waals surface area contributed by atoms with Gasteiger partial charge in [-0.05, 0) is 49.7 Å². The topological polar surface area (TPSA) is 95.3 Å². The van der Waals surface area contributed by atoms with Crippen molar-refractivity contribution in [2.24, 2.45) is 17.8 Å². The predicted molar refractivity (Wildman–Crippen MR) is 114 cm³/mol. The van der Waals surface area contributed by atoms with Crippen LogP contribution >= 0.6 is 0 Å². The highest BCUT2D eigenvalue weighted by atomic mass is 19.1. The first-order valence-corrected chi connectivity index (χ1v) is 10.8. The summed E-state index contributed by atoms with van der Waals surface area (Å²) in [5, 5.41) is 13.7. The van der Waals surface area contributed by atoms with Gasteiger partial charge in [0, 0.05) is 28.8 Å². The van der Waals surface area contributed by atoms with Crippen LogP contribution in [-0.4, -0.2) is 36.5 Å². The number of halogens is 2. The molecule has 0 saturated heterocycles. The number of anilines is 1. The number of pyridine rings is 2. The lowest BCUT2D eigenvalue weighted by Crippen LogP contribution is -2.51. The molecule has 0 aromatic carbocycles. The van der Waals surface area contributed by atoms with E-state index in [0.29, 0.717) is 27.7 Å². The Bertz CT molecular complexity index is 1360. The molecular weight excluding hydrogens is 416 g/mol. The van der Waals surface area contributed by atoms with Crippen LogP contribution in [-0.2, 0) is 4.79 Å². The van der Waals surface area contributed by atoms with Crippen LogP contribution in [0.4, 0.5) is 14.5 Å². The van der Waals surface area contributed by atoms with Crippen molar-refractivity contribution in [3.63, 3.8) is 0 Å². The number of H-pyrrole nitrogens is 1. The van der Waals surface area contributed by atoms with Gasteiger partial charge in [0.1, 0.15) is 17.8 Å². The van der Waals surface area contributed by atoms with E-state index in [1.54, 1.807) is 18.5 Å². The van der Waals surface area contributed by atoms with Gasteiger partial charge in [0.25, 0.3) is 0 Å². The zero-order chi connectivity index (χ0) is 22.0. The van der Waals surface area contributed by atoms with Crippen LogP contribution in [0.25, 0.3) is 27.7 Å². The number of hydrogen-bond donors (Lipinski definition) is 3. The number of hydrogen-bond acceptors (Lipinski definition) is 4. The highest BCUT2D eigenvalue weighted by molar-refractivity contribution is 5.98. The summed E-state index contributed by atoms with van der Waals surface area (Å²) < 4.78 is 30.7. The molecule has 164 valence electrons. The molecule has 1 unspecified atom stereocenters. The Kier molecular flexibility index (Phi) is 4.21. The number of aromatic amines is 1. The second kappa shape index (κ2) is 7.01. The standard InChI is InChI=1S/C23H21F2N5O2/c24-13-5-15-16(8-28-22(15)27-7-13)14-6-17(21(25)30-10-26-9-18(14)30)29-20-12-3-1-11(2-4-12)19(20)23(31)32/h5-12,19-20,29H,1-4H2,(H,27,28)(H,31,32)/t11-,12+,19-,20?/m0/s1. The Morgan fingerprint density at radius 1 is 1.12 bits per heavy atom. The molecule has 0 aliphatic heterocycles. The molecule has 4 heterocycles. The molecule has 3 fully saturated rings. The summed E-state index contributed by atoms with van der Waals surface area (Å²) in [6.45, 7) is 0. The number of imidazole rings is 1. The van der Waals surface area contributed by atoms with Gasteiger partial charge in [0.05, 0.1) is 29.5 Å². The summed E-state index contributed by atoms with van der Waals surface area (Å²) in [4.78, 5) is 23.2. The van der Waals surface area contributed by atoms with Crippen molar-refractivity contribution in [2.45, 2.75) is 31.7 Å². The number of aromatic nitrogens is 4. The maximum atomic E-state index is 15.5. The summed E-state index contributed by atoms with van der Waals surface area (Å²) >= 11 is 0. The van der Waals surface area contributed by atoms with Gasteiger partial charge in [-0.25, -0.2) is 14.4 Å². The fraction of sp³-hybridized carbons (Fsp3) is 0.348. The van der Waals surface area contributed by atoms with Gasteiger partial charge in [-0.3, -0.25) is 9.20 Å². The van der Waals surface area contributed by atoms with Gasteiger partial charge in [-0.1, -0.05) is 0 Å². The van der Waals surface area contributed by atoms with Gasteiger partial charge in [0.15, 0.2) is 0 Å². The van der Waals surface area contributed by atoms with Crippen molar-refractivity contribution in [1.82, 2.24) is 19.4 Å². The zero-order valence-corrected chi connectivity index (χ0v) is 17.1. The molecule has 7 rings (SSSR count). The van der Waals surface area contributed by atoms with E-state index in [1.165, 1.54) is 16.8 Å². The van der Waals surface area contributed by atoms with Gasteiger partial charge in [0.2, 0.25) is 5.95 Å². The molecule has 4 aromatic heterocycles. The van der Waals surface area contributed by atoms with E-state index < -0.39 is 23.7 Å². The van der Waals surface area contributed by atoms with Crippen LogP contribution in [0.2, 0.25) is 0 Å². The molecule has 7 nitrogen and oxygen atoms in total. The van der Waals surface area contributed by atoms with E-state index in [4.69, 9.17) is 0 Å². The molecule has 3 aliphatic rings. The van der Waals surface area contributed by atoms with Crippen LogP contribution in [0.1, 0.15) is 25.7 Å². The van der Waals surface area contributed by atoms with E-state index in [2.05, 4.69) is 20.3 Å². The van der Waals surface area contributed by atoms with Crippen LogP contribution < -0.4 is 5.32 Å². The maximum absolute atomic E-state index is 15.5. The monoisotopic (exact) mass is 437 g/mol. The Labute approximate surface area is 181 Å². The van der Waals surface area contributed by atoms with Gasteiger partial charge in [-0.2, -0.15) is 4.39 Å². The minimum atomic E-state index is -0.834.